The molecule has 6 nitrogen and oxygen atoms in total. The van der Waals surface area contributed by atoms with Gasteiger partial charge in [0.05, 0.1) is 0 Å². The van der Waals surface area contributed by atoms with E-state index in [-0.39, 0.29) is 17.0 Å². The molecule has 0 aliphatic rings. The van der Waals surface area contributed by atoms with Crippen LogP contribution in [0.2, 0.25) is 0 Å². The van der Waals surface area contributed by atoms with E-state index in [2.05, 4.69) is 20.8 Å². The molecule has 1 amide bonds. The highest BCUT2D eigenvalue weighted by atomic mass is 16.5. The Morgan fingerprint density at radius 3 is 2.27 bits per heavy atom. The minimum atomic E-state index is -0.404. The molecule has 0 aliphatic heterocycles. The molecule has 1 heterocycles. The van der Waals surface area contributed by atoms with Crippen LogP contribution in [-0.2, 0) is 24.2 Å². The van der Waals surface area contributed by atoms with Crippen molar-refractivity contribution in [1.29, 1.82) is 0 Å². The molecule has 2 aromatic rings. The summed E-state index contributed by atoms with van der Waals surface area (Å²) >= 11 is 0. The molecule has 0 saturated heterocycles. The molecule has 162 valence electrons. The number of unbranched alkanes of at least 4 members (excludes halogenated alkanes) is 1. The summed E-state index contributed by atoms with van der Waals surface area (Å²) < 4.78 is 6.84. The van der Waals surface area contributed by atoms with Crippen molar-refractivity contribution in [2.24, 2.45) is 0 Å². The molecular weight excluding hydrogens is 380 g/mol. The van der Waals surface area contributed by atoms with Gasteiger partial charge in [-0.2, -0.15) is 0 Å². The van der Waals surface area contributed by atoms with Gasteiger partial charge in [-0.25, -0.2) is 0 Å². The molecule has 2 rings (SSSR count). The van der Waals surface area contributed by atoms with Crippen molar-refractivity contribution in [3.63, 3.8) is 0 Å². The Hall–Kier alpha value is -2.89. The normalized spacial score (nSPS) is 10.7. The molecule has 0 aliphatic carbocycles. The zero-order chi connectivity index (χ0) is 22.3. The van der Waals surface area contributed by atoms with E-state index in [0.717, 1.165) is 43.4 Å². The summed E-state index contributed by atoms with van der Waals surface area (Å²) in [6.45, 7) is 8.20. The van der Waals surface area contributed by atoms with Crippen molar-refractivity contribution in [2.75, 3.05) is 11.9 Å². The topological polar surface area (TPSA) is 68.6 Å². The van der Waals surface area contributed by atoms with Gasteiger partial charge < -0.3 is 14.2 Å². The first-order chi connectivity index (χ1) is 14.3. The first-order valence-electron chi connectivity index (χ1n) is 10.7. The van der Waals surface area contributed by atoms with Crippen LogP contribution in [0.1, 0.15) is 68.6 Å². The molecule has 0 saturated carbocycles. The number of ether oxygens (including phenoxy) is 1. The fraction of sp³-hybridized carbons (Fsp3) is 0.458. The molecule has 0 fully saturated rings. The highest BCUT2D eigenvalue weighted by Gasteiger charge is 2.22. The number of rotatable bonds is 9. The fourth-order valence-electron chi connectivity index (χ4n) is 3.51. The van der Waals surface area contributed by atoms with Crippen LogP contribution in [-0.4, -0.2) is 23.5 Å². The Morgan fingerprint density at radius 1 is 1.07 bits per heavy atom. The molecule has 0 radical (unpaired) electrons. The summed E-state index contributed by atoms with van der Waals surface area (Å²) in [4.78, 5) is 39.0. The zero-order valence-electron chi connectivity index (χ0n) is 18.7. The van der Waals surface area contributed by atoms with Crippen LogP contribution >= 0.6 is 0 Å². The first kappa shape index (κ1) is 23.4. The molecule has 1 aromatic heterocycles. The minimum absolute atomic E-state index is 0.189. The zero-order valence-corrected chi connectivity index (χ0v) is 18.7. The molecule has 1 aromatic carbocycles. The standard InChI is InChI=1S/C24H32N2O4/c1-6-9-15-26-22(10-7-2)18(8-3)16-21(24(26)29)23(28)25(5)19-11-13-20(14-12-19)30-17(4)27/h11-14,16H,6-10,15H2,1-5H3. The summed E-state index contributed by atoms with van der Waals surface area (Å²) in [6.07, 6.45) is 4.41. The van der Waals surface area contributed by atoms with Crippen molar-refractivity contribution >= 4 is 17.6 Å². The number of hydrogen-bond donors (Lipinski definition) is 0. The van der Waals surface area contributed by atoms with Crippen molar-refractivity contribution in [3.8, 4) is 5.75 Å². The minimum Gasteiger partial charge on any atom is -0.427 e. The maximum Gasteiger partial charge on any atom is 0.308 e. The second kappa shape index (κ2) is 10.8. The third-order valence-corrected chi connectivity index (χ3v) is 5.11. The average molecular weight is 413 g/mol. The maximum absolute atomic E-state index is 13.2. The van der Waals surface area contributed by atoms with Crippen LogP contribution < -0.4 is 15.2 Å². The van der Waals surface area contributed by atoms with Crippen LogP contribution in [0.5, 0.6) is 5.75 Å². The Bertz CT molecular complexity index is 945. The molecule has 0 N–H and O–H groups in total. The van der Waals surface area contributed by atoms with Gasteiger partial charge in [0, 0.05) is 31.9 Å². The number of pyridine rings is 1. The number of esters is 1. The van der Waals surface area contributed by atoms with E-state index in [0.29, 0.717) is 18.0 Å². The Kier molecular flexibility index (Phi) is 8.39. The summed E-state index contributed by atoms with van der Waals surface area (Å²) in [5, 5.41) is 0. The summed E-state index contributed by atoms with van der Waals surface area (Å²) in [7, 11) is 1.64. The van der Waals surface area contributed by atoms with Crippen LogP contribution in [0, 0.1) is 0 Å². The number of hydrogen-bond acceptors (Lipinski definition) is 4. The Labute approximate surface area is 178 Å². The number of anilines is 1. The van der Waals surface area contributed by atoms with Crippen LogP contribution in [0.15, 0.2) is 35.1 Å². The van der Waals surface area contributed by atoms with Crippen molar-refractivity contribution in [1.82, 2.24) is 4.57 Å². The molecular formula is C24H32N2O4. The quantitative estimate of drug-likeness (QED) is 0.453. The second-order valence-corrected chi connectivity index (χ2v) is 7.40. The maximum atomic E-state index is 13.2. The van der Waals surface area contributed by atoms with Crippen LogP contribution in [0.25, 0.3) is 0 Å². The highest BCUT2D eigenvalue weighted by molar-refractivity contribution is 6.05. The van der Waals surface area contributed by atoms with Gasteiger partial charge in [0.1, 0.15) is 11.3 Å². The molecule has 0 bridgehead atoms. The largest absolute Gasteiger partial charge is 0.427 e. The molecule has 0 spiro atoms. The predicted octanol–water partition coefficient (Wildman–Crippen LogP) is 4.37. The molecule has 0 atom stereocenters. The predicted molar refractivity (Wildman–Crippen MR) is 119 cm³/mol. The number of amides is 1. The summed E-state index contributed by atoms with van der Waals surface area (Å²) in [6, 6.07) is 8.40. The van der Waals surface area contributed by atoms with Crippen molar-refractivity contribution < 1.29 is 14.3 Å². The van der Waals surface area contributed by atoms with E-state index in [4.69, 9.17) is 4.74 Å². The number of aryl methyl sites for hydroxylation is 1. The molecule has 0 unspecified atom stereocenters. The lowest BCUT2D eigenvalue weighted by molar-refractivity contribution is -0.131. The van der Waals surface area contributed by atoms with E-state index in [1.54, 1.807) is 41.9 Å². The van der Waals surface area contributed by atoms with Gasteiger partial charge in [-0.3, -0.25) is 14.4 Å². The van der Waals surface area contributed by atoms with E-state index in [1.165, 1.54) is 11.8 Å². The molecule has 6 heteroatoms. The van der Waals surface area contributed by atoms with Crippen LogP contribution in [0.3, 0.4) is 0 Å². The molecule has 30 heavy (non-hydrogen) atoms. The fourth-order valence-corrected chi connectivity index (χ4v) is 3.51. The second-order valence-electron chi connectivity index (χ2n) is 7.40. The van der Waals surface area contributed by atoms with E-state index >= 15 is 0 Å². The summed E-state index contributed by atoms with van der Waals surface area (Å²) in [5.41, 5.74) is 2.68. The Morgan fingerprint density at radius 2 is 1.73 bits per heavy atom. The number of carbonyl (C=O) groups excluding carboxylic acids is 2. The first-order valence-corrected chi connectivity index (χ1v) is 10.7. The van der Waals surface area contributed by atoms with Crippen molar-refractivity contribution in [2.45, 2.75) is 66.3 Å². The number of benzene rings is 1. The third-order valence-electron chi connectivity index (χ3n) is 5.11. The van der Waals surface area contributed by atoms with Gasteiger partial charge >= 0.3 is 5.97 Å². The lowest BCUT2D eigenvalue weighted by atomic mass is 10.0. The van der Waals surface area contributed by atoms with Gasteiger partial charge in [0.15, 0.2) is 0 Å². The van der Waals surface area contributed by atoms with E-state index in [1.807, 2.05) is 0 Å². The van der Waals surface area contributed by atoms with Crippen molar-refractivity contribution in [3.05, 3.63) is 57.5 Å². The van der Waals surface area contributed by atoms with Gasteiger partial charge in [0.2, 0.25) is 0 Å². The summed E-state index contributed by atoms with van der Waals surface area (Å²) in [5.74, 6) is -0.339. The van der Waals surface area contributed by atoms with Gasteiger partial charge in [0.25, 0.3) is 11.5 Å². The average Bonchev–Trinajstić information content (AvgIpc) is 2.73. The number of nitrogens with zero attached hydrogens (tertiary/aromatic N) is 2. The van der Waals surface area contributed by atoms with Crippen LogP contribution in [0.4, 0.5) is 5.69 Å². The highest BCUT2D eigenvalue weighted by Crippen LogP contribution is 2.21. The number of aromatic nitrogens is 1. The SMILES string of the molecule is CCCCn1c(CCC)c(CC)cc(C(=O)N(C)c2ccc(OC(C)=O)cc2)c1=O. The number of carbonyl (C=O) groups is 2. The van der Waals surface area contributed by atoms with Gasteiger partial charge in [-0.05, 0) is 55.2 Å². The lowest BCUT2D eigenvalue weighted by Crippen LogP contribution is -2.36. The third kappa shape index (κ3) is 5.38. The van der Waals surface area contributed by atoms with E-state index in [9.17, 15) is 14.4 Å². The monoisotopic (exact) mass is 412 g/mol. The van der Waals surface area contributed by atoms with Gasteiger partial charge in [-0.15, -0.1) is 0 Å². The lowest BCUT2D eigenvalue weighted by Gasteiger charge is -2.21. The van der Waals surface area contributed by atoms with E-state index < -0.39 is 5.97 Å². The smallest absolute Gasteiger partial charge is 0.308 e. The Balaban J connectivity index is 2.44. The van der Waals surface area contributed by atoms with Gasteiger partial charge in [-0.1, -0.05) is 33.6 Å².